The fourth-order valence-corrected chi connectivity index (χ4v) is 6.29. The van der Waals surface area contributed by atoms with Gasteiger partial charge in [0.15, 0.2) is 10.3 Å². The molecule has 2 N–H and O–H groups in total. The molecule has 2 heterocycles. The number of nitrogens with zero attached hydrogens (tertiary/aromatic N) is 4. The van der Waals surface area contributed by atoms with Gasteiger partial charge in [0.1, 0.15) is 11.5 Å². The Labute approximate surface area is 285 Å². The number of hydrogen-bond donors (Lipinski definition) is 2. The lowest BCUT2D eigenvalue weighted by molar-refractivity contribution is 0.0682. The van der Waals surface area contributed by atoms with Crippen molar-refractivity contribution in [3.05, 3.63) is 104 Å². The van der Waals surface area contributed by atoms with Crippen LogP contribution in [0, 0.1) is 13.8 Å². The average molecular weight is 684 g/mol. The third kappa shape index (κ3) is 6.05. The van der Waals surface area contributed by atoms with E-state index in [0.29, 0.717) is 23.3 Å². The van der Waals surface area contributed by atoms with Crippen LogP contribution in [0.1, 0.15) is 80.5 Å². The van der Waals surface area contributed by atoms with Gasteiger partial charge in [-0.05, 0) is 97.9 Å². The van der Waals surface area contributed by atoms with Crippen molar-refractivity contribution < 1.29 is 29.3 Å². The molecule has 3 aromatic carbocycles. The molecule has 5 aromatic rings. The maximum atomic E-state index is 12.9. The average Bonchev–Trinajstić information content (AvgIpc) is 3.98. The molecule has 0 unspecified atom stereocenters. The fraction of sp³-hybridized carbons (Fsp3) is 0.222. The second-order valence-corrected chi connectivity index (χ2v) is 12.8. The van der Waals surface area contributed by atoms with Gasteiger partial charge in [0.2, 0.25) is 11.8 Å². The van der Waals surface area contributed by atoms with Gasteiger partial charge in [-0.25, -0.2) is 9.59 Å². The van der Waals surface area contributed by atoms with Crippen LogP contribution in [0.15, 0.2) is 60.7 Å². The Kier molecular flexibility index (Phi) is 8.22. The Balaban J connectivity index is 1.49. The molecule has 0 radical (unpaired) electrons. The van der Waals surface area contributed by atoms with E-state index >= 15 is 0 Å². The molecule has 7 rings (SSSR count). The monoisotopic (exact) mass is 682 g/mol. The molecule has 0 spiro atoms. The molecule has 12 heteroatoms. The van der Waals surface area contributed by atoms with E-state index < -0.39 is 11.9 Å². The summed E-state index contributed by atoms with van der Waals surface area (Å²) in [7, 11) is 0. The molecule has 0 atom stereocenters. The Morgan fingerprint density at radius 3 is 1.40 bits per heavy atom. The Morgan fingerprint density at radius 1 is 0.646 bits per heavy atom. The number of aromatic nitrogens is 4. The van der Waals surface area contributed by atoms with Gasteiger partial charge in [-0.2, -0.15) is 0 Å². The van der Waals surface area contributed by atoms with E-state index in [-0.39, 0.29) is 55.4 Å². The van der Waals surface area contributed by atoms with Crippen LogP contribution in [0.25, 0.3) is 22.3 Å². The van der Waals surface area contributed by atoms with E-state index in [9.17, 15) is 19.8 Å². The van der Waals surface area contributed by atoms with Gasteiger partial charge in [0, 0.05) is 11.1 Å². The number of halogens is 2. The van der Waals surface area contributed by atoms with Gasteiger partial charge in [-0.15, -0.1) is 20.4 Å². The highest BCUT2D eigenvalue weighted by molar-refractivity contribution is 6.30. The number of aryl methyl sites for hydroxylation is 2. The van der Waals surface area contributed by atoms with E-state index in [1.54, 1.807) is 0 Å². The summed E-state index contributed by atoms with van der Waals surface area (Å²) < 4.78 is 12.9. The summed E-state index contributed by atoms with van der Waals surface area (Å²) in [6.45, 7) is 3.80. The number of ether oxygens (including phenoxy) is 2. The first-order chi connectivity index (χ1) is 23.1. The number of carboxylic acid groups (broad SMARTS) is 2. The zero-order valence-corrected chi connectivity index (χ0v) is 27.3. The summed E-state index contributed by atoms with van der Waals surface area (Å²) in [5.74, 6) is -1.03. The van der Waals surface area contributed by atoms with Crippen LogP contribution in [0.3, 0.4) is 0 Å². The summed E-state index contributed by atoms with van der Waals surface area (Å²) >= 11 is 12.8. The lowest BCUT2D eigenvalue weighted by atomic mass is 9.87. The summed E-state index contributed by atoms with van der Waals surface area (Å²) in [4.78, 5) is 25.8. The van der Waals surface area contributed by atoms with Crippen LogP contribution in [0.2, 0.25) is 10.3 Å². The maximum absolute atomic E-state index is 12.9. The third-order valence-corrected chi connectivity index (χ3v) is 8.95. The number of benzene rings is 3. The predicted molar refractivity (Wildman–Crippen MR) is 179 cm³/mol. The molecular weight excluding hydrogens is 655 g/mol. The van der Waals surface area contributed by atoms with Crippen LogP contribution >= 0.6 is 23.2 Å². The number of carbonyl (C=O) groups is 2. The van der Waals surface area contributed by atoms with Crippen molar-refractivity contribution in [2.24, 2.45) is 0 Å². The van der Waals surface area contributed by atoms with Crippen LogP contribution in [-0.2, 0) is 0 Å². The van der Waals surface area contributed by atoms with Gasteiger partial charge in [0.25, 0.3) is 0 Å². The Hall–Kier alpha value is -5.06. The molecule has 0 bridgehead atoms. The SMILES string of the molecule is Cc1cccc(C2CC2)c1Oc1nnc(Cl)cc1-c1c(C(=O)O)ccc(C(=O)O)c1-c1cc(Cl)nnc1Oc1c(C)cccc1C1CC1. The molecule has 0 amide bonds. The van der Waals surface area contributed by atoms with Crippen molar-refractivity contribution in [2.45, 2.75) is 51.4 Å². The lowest BCUT2D eigenvalue weighted by Gasteiger charge is -2.21. The smallest absolute Gasteiger partial charge is 0.336 e. The first kappa shape index (κ1) is 31.5. The van der Waals surface area contributed by atoms with Crippen molar-refractivity contribution in [3.8, 4) is 45.5 Å². The molecule has 2 saturated carbocycles. The van der Waals surface area contributed by atoms with Gasteiger partial charge in [0.05, 0.1) is 22.3 Å². The molecular formula is C36H28Cl2N4O6. The summed E-state index contributed by atoms with van der Waals surface area (Å²) in [6.07, 6.45) is 4.04. The van der Waals surface area contributed by atoms with E-state index in [0.717, 1.165) is 47.9 Å². The van der Waals surface area contributed by atoms with Crippen molar-refractivity contribution in [1.82, 2.24) is 20.4 Å². The van der Waals surface area contributed by atoms with E-state index in [2.05, 4.69) is 20.4 Å². The summed E-state index contributed by atoms with van der Waals surface area (Å²) in [5.41, 5.74) is 3.27. The van der Waals surface area contributed by atoms with Crippen LogP contribution in [0.4, 0.5) is 0 Å². The van der Waals surface area contributed by atoms with Crippen LogP contribution in [-0.4, -0.2) is 42.5 Å². The zero-order chi connectivity index (χ0) is 33.7. The third-order valence-electron chi connectivity index (χ3n) is 8.58. The fourth-order valence-electron chi connectivity index (χ4n) is 6.00. The zero-order valence-electron chi connectivity index (χ0n) is 25.8. The number of rotatable bonds is 10. The molecule has 0 aliphatic heterocycles. The van der Waals surface area contributed by atoms with Gasteiger partial charge in [-0.3, -0.25) is 0 Å². The molecule has 10 nitrogen and oxygen atoms in total. The van der Waals surface area contributed by atoms with Crippen molar-refractivity contribution >= 4 is 35.1 Å². The summed E-state index contributed by atoms with van der Waals surface area (Å²) in [6, 6.07) is 16.9. The highest BCUT2D eigenvalue weighted by Crippen LogP contribution is 2.51. The molecule has 0 saturated heterocycles. The number of hydrogen-bond acceptors (Lipinski definition) is 8. The highest BCUT2D eigenvalue weighted by Gasteiger charge is 2.33. The summed E-state index contributed by atoms with van der Waals surface area (Å²) in [5, 5.41) is 37.4. The van der Waals surface area contributed by atoms with Crippen molar-refractivity contribution in [1.29, 1.82) is 0 Å². The molecule has 48 heavy (non-hydrogen) atoms. The van der Waals surface area contributed by atoms with Crippen molar-refractivity contribution in [3.63, 3.8) is 0 Å². The van der Waals surface area contributed by atoms with Crippen LogP contribution in [0.5, 0.6) is 23.3 Å². The van der Waals surface area contributed by atoms with E-state index in [1.165, 1.54) is 24.3 Å². The second kappa shape index (κ2) is 12.5. The molecule has 2 aliphatic rings. The second-order valence-electron chi connectivity index (χ2n) is 12.0. The first-order valence-electron chi connectivity index (χ1n) is 15.4. The quantitative estimate of drug-likeness (QED) is 0.146. The Morgan fingerprint density at radius 2 is 1.04 bits per heavy atom. The standard InChI is InChI=1S/C36H28Cl2N4O6/c1-17-5-3-7-21(19-9-10-19)31(17)47-33-25(15-27(37)39-41-33)29-23(35(43)44)13-14-24(36(45)46)30(29)26-16-28(38)40-42-34(26)48-32-18(2)6-4-8-22(32)20-11-12-20/h3-8,13-16,19-20H,9-12H2,1-2H3,(H,43,44)(H,45,46). The number of aromatic carboxylic acids is 2. The normalized spacial score (nSPS) is 14.1. The highest BCUT2D eigenvalue weighted by atomic mass is 35.5. The number of carboxylic acids is 2. The molecule has 2 fully saturated rings. The lowest BCUT2D eigenvalue weighted by Crippen LogP contribution is -2.10. The van der Waals surface area contributed by atoms with Crippen molar-refractivity contribution in [2.75, 3.05) is 0 Å². The topological polar surface area (TPSA) is 145 Å². The minimum Gasteiger partial charge on any atom is -0.478 e. The Bertz CT molecular complexity index is 1980. The van der Waals surface area contributed by atoms with Gasteiger partial charge >= 0.3 is 11.9 Å². The first-order valence-corrected chi connectivity index (χ1v) is 16.1. The molecule has 2 aliphatic carbocycles. The van der Waals surface area contributed by atoms with Gasteiger partial charge in [-0.1, -0.05) is 59.6 Å². The molecule has 2 aromatic heterocycles. The predicted octanol–water partition coefficient (Wildman–Crippen LogP) is 9.26. The minimum atomic E-state index is -1.33. The largest absolute Gasteiger partial charge is 0.478 e. The van der Waals surface area contributed by atoms with Gasteiger partial charge < -0.3 is 19.7 Å². The van der Waals surface area contributed by atoms with E-state index in [1.807, 2.05) is 50.2 Å². The maximum Gasteiger partial charge on any atom is 0.336 e. The van der Waals surface area contributed by atoms with Crippen LogP contribution < -0.4 is 9.47 Å². The molecule has 242 valence electrons. The van der Waals surface area contributed by atoms with E-state index in [4.69, 9.17) is 32.7 Å². The minimum absolute atomic E-state index is 0.0446. The number of para-hydroxylation sites is 2.